The highest BCUT2D eigenvalue weighted by atomic mass is 32.1. The lowest BCUT2D eigenvalue weighted by Gasteiger charge is -2.35. The number of hydrogen-bond acceptors (Lipinski definition) is 2. The van der Waals surface area contributed by atoms with Crippen molar-refractivity contribution in [3.63, 3.8) is 0 Å². The van der Waals surface area contributed by atoms with E-state index in [1.165, 1.54) is 19.3 Å². The summed E-state index contributed by atoms with van der Waals surface area (Å²) < 4.78 is 0. The molecule has 1 saturated heterocycles. The van der Waals surface area contributed by atoms with Crippen molar-refractivity contribution in [3.8, 4) is 0 Å². The van der Waals surface area contributed by atoms with Crippen molar-refractivity contribution in [1.82, 2.24) is 9.88 Å². The summed E-state index contributed by atoms with van der Waals surface area (Å²) in [6, 6.07) is 4.41. The largest absolute Gasteiger partial charge is 0.346 e. The Bertz CT molecular complexity index is 353. The molecule has 16 heavy (non-hydrogen) atoms. The van der Waals surface area contributed by atoms with Crippen LogP contribution in [0.1, 0.15) is 26.2 Å². The number of rotatable bonds is 1. The third-order valence-electron chi connectivity index (χ3n) is 3.00. The van der Waals surface area contributed by atoms with Gasteiger partial charge in [-0.2, -0.15) is 0 Å². The first kappa shape index (κ1) is 11.3. The van der Waals surface area contributed by atoms with Gasteiger partial charge in [0.05, 0.1) is 0 Å². The maximum absolute atomic E-state index is 5.43. The van der Waals surface area contributed by atoms with Crippen molar-refractivity contribution in [1.29, 1.82) is 0 Å². The van der Waals surface area contributed by atoms with Crippen molar-refractivity contribution in [3.05, 3.63) is 24.5 Å². The molecular formula is C12H17N3S. The van der Waals surface area contributed by atoms with Gasteiger partial charge >= 0.3 is 0 Å². The van der Waals surface area contributed by atoms with E-state index < -0.39 is 0 Å². The zero-order valence-electron chi connectivity index (χ0n) is 9.52. The van der Waals surface area contributed by atoms with E-state index in [0.717, 1.165) is 17.3 Å². The summed E-state index contributed by atoms with van der Waals surface area (Å²) in [5.74, 6) is 0. The Morgan fingerprint density at radius 3 is 2.88 bits per heavy atom. The molecule has 0 radical (unpaired) electrons. The Balaban J connectivity index is 1.97. The standard InChI is InChI=1S/C12H17N3S/c1-10-4-2-3-9-15(10)12(16)14-11-5-7-13-8-6-11/h5-8,10H,2-4,9H2,1H3,(H,13,14,16). The Morgan fingerprint density at radius 1 is 1.44 bits per heavy atom. The number of pyridine rings is 1. The van der Waals surface area contributed by atoms with E-state index in [-0.39, 0.29) is 0 Å². The van der Waals surface area contributed by atoms with Crippen LogP contribution in [0.5, 0.6) is 0 Å². The van der Waals surface area contributed by atoms with E-state index in [1.54, 1.807) is 12.4 Å². The van der Waals surface area contributed by atoms with Crippen LogP contribution in [-0.4, -0.2) is 27.6 Å². The molecule has 0 amide bonds. The van der Waals surface area contributed by atoms with E-state index in [0.29, 0.717) is 6.04 Å². The van der Waals surface area contributed by atoms with Gasteiger partial charge < -0.3 is 10.2 Å². The Labute approximate surface area is 102 Å². The van der Waals surface area contributed by atoms with E-state index >= 15 is 0 Å². The molecule has 0 spiro atoms. The van der Waals surface area contributed by atoms with Crippen LogP contribution in [0.3, 0.4) is 0 Å². The van der Waals surface area contributed by atoms with Gasteiger partial charge in [-0.1, -0.05) is 0 Å². The van der Waals surface area contributed by atoms with Crippen LogP contribution in [-0.2, 0) is 0 Å². The number of thiocarbonyl (C=S) groups is 1. The molecule has 1 aliphatic heterocycles. The molecule has 1 unspecified atom stereocenters. The lowest BCUT2D eigenvalue weighted by molar-refractivity contribution is 0.262. The maximum Gasteiger partial charge on any atom is 0.173 e. The Hall–Kier alpha value is -1.16. The highest BCUT2D eigenvalue weighted by Crippen LogP contribution is 2.17. The number of piperidine rings is 1. The zero-order chi connectivity index (χ0) is 11.4. The second-order valence-corrected chi connectivity index (χ2v) is 4.59. The Morgan fingerprint density at radius 2 is 2.19 bits per heavy atom. The van der Waals surface area contributed by atoms with E-state index in [4.69, 9.17) is 12.2 Å². The quantitative estimate of drug-likeness (QED) is 0.757. The van der Waals surface area contributed by atoms with Gasteiger partial charge in [-0.3, -0.25) is 4.98 Å². The minimum atomic E-state index is 0.551. The van der Waals surface area contributed by atoms with Gasteiger partial charge in [0.2, 0.25) is 0 Å². The second-order valence-electron chi connectivity index (χ2n) is 4.20. The first-order valence-corrected chi connectivity index (χ1v) is 6.16. The minimum Gasteiger partial charge on any atom is -0.346 e. The fourth-order valence-corrected chi connectivity index (χ4v) is 2.42. The minimum absolute atomic E-state index is 0.551. The first-order chi connectivity index (χ1) is 7.77. The van der Waals surface area contributed by atoms with Crippen LogP contribution < -0.4 is 5.32 Å². The smallest absolute Gasteiger partial charge is 0.173 e. The molecule has 0 aliphatic carbocycles. The van der Waals surface area contributed by atoms with Crippen LogP contribution in [0, 0.1) is 0 Å². The molecule has 1 fully saturated rings. The first-order valence-electron chi connectivity index (χ1n) is 5.75. The van der Waals surface area contributed by atoms with Gasteiger partial charge in [-0.25, -0.2) is 0 Å². The van der Waals surface area contributed by atoms with E-state index in [1.807, 2.05) is 12.1 Å². The van der Waals surface area contributed by atoms with Crippen molar-refractivity contribution in [2.75, 3.05) is 11.9 Å². The van der Waals surface area contributed by atoms with Gasteiger partial charge in [-0.05, 0) is 50.5 Å². The predicted molar refractivity (Wildman–Crippen MR) is 70.5 cm³/mol. The molecule has 0 aromatic carbocycles. The van der Waals surface area contributed by atoms with E-state index in [9.17, 15) is 0 Å². The second kappa shape index (κ2) is 5.25. The predicted octanol–water partition coefficient (Wildman–Crippen LogP) is 2.65. The van der Waals surface area contributed by atoms with Crippen LogP contribution in [0.15, 0.2) is 24.5 Å². The number of likely N-dealkylation sites (tertiary alicyclic amines) is 1. The number of anilines is 1. The highest BCUT2D eigenvalue weighted by Gasteiger charge is 2.20. The van der Waals surface area contributed by atoms with Gasteiger partial charge in [0.15, 0.2) is 5.11 Å². The number of hydrogen-bond donors (Lipinski definition) is 1. The molecule has 86 valence electrons. The summed E-state index contributed by atoms with van der Waals surface area (Å²) >= 11 is 5.43. The van der Waals surface area contributed by atoms with Crippen LogP contribution in [0.2, 0.25) is 0 Å². The van der Waals surface area contributed by atoms with Gasteiger partial charge in [-0.15, -0.1) is 0 Å². The molecule has 1 atom stereocenters. The fourth-order valence-electron chi connectivity index (χ4n) is 2.03. The topological polar surface area (TPSA) is 28.2 Å². The van der Waals surface area contributed by atoms with Crippen molar-refractivity contribution in [2.24, 2.45) is 0 Å². The van der Waals surface area contributed by atoms with Crippen LogP contribution >= 0.6 is 12.2 Å². The molecule has 1 N–H and O–H groups in total. The molecule has 1 aromatic heterocycles. The molecule has 2 rings (SSSR count). The van der Waals surface area contributed by atoms with Crippen molar-refractivity contribution in [2.45, 2.75) is 32.2 Å². The lowest BCUT2D eigenvalue weighted by atomic mass is 10.0. The van der Waals surface area contributed by atoms with Gasteiger partial charge in [0, 0.05) is 30.7 Å². The molecule has 4 heteroatoms. The van der Waals surface area contributed by atoms with Crippen molar-refractivity contribution >= 4 is 23.0 Å². The monoisotopic (exact) mass is 235 g/mol. The van der Waals surface area contributed by atoms with Crippen LogP contribution in [0.4, 0.5) is 5.69 Å². The SMILES string of the molecule is CC1CCCCN1C(=S)Nc1ccncc1. The number of nitrogens with one attached hydrogen (secondary N) is 1. The van der Waals surface area contributed by atoms with Crippen molar-refractivity contribution < 1.29 is 0 Å². The third-order valence-corrected chi connectivity index (χ3v) is 3.33. The summed E-state index contributed by atoms with van der Waals surface area (Å²) in [7, 11) is 0. The molecular weight excluding hydrogens is 218 g/mol. The van der Waals surface area contributed by atoms with Crippen LogP contribution in [0.25, 0.3) is 0 Å². The molecule has 3 nitrogen and oxygen atoms in total. The lowest BCUT2D eigenvalue weighted by Crippen LogP contribution is -2.44. The summed E-state index contributed by atoms with van der Waals surface area (Å²) in [4.78, 5) is 6.26. The average molecular weight is 235 g/mol. The Kier molecular flexibility index (Phi) is 3.72. The molecule has 0 saturated carbocycles. The fraction of sp³-hybridized carbons (Fsp3) is 0.500. The average Bonchev–Trinajstić information content (AvgIpc) is 2.31. The van der Waals surface area contributed by atoms with Gasteiger partial charge in [0.1, 0.15) is 0 Å². The third kappa shape index (κ3) is 2.70. The van der Waals surface area contributed by atoms with E-state index in [2.05, 4.69) is 22.1 Å². The summed E-state index contributed by atoms with van der Waals surface area (Å²) in [5, 5.41) is 4.09. The highest BCUT2D eigenvalue weighted by molar-refractivity contribution is 7.80. The summed E-state index contributed by atoms with van der Waals surface area (Å²) in [6.07, 6.45) is 7.32. The maximum atomic E-state index is 5.43. The zero-order valence-corrected chi connectivity index (χ0v) is 10.3. The molecule has 0 bridgehead atoms. The molecule has 1 aliphatic rings. The number of nitrogens with zero attached hydrogens (tertiary/aromatic N) is 2. The molecule has 2 heterocycles. The number of aromatic nitrogens is 1. The van der Waals surface area contributed by atoms with Gasteiger partial charge in [0.25, 0.3) is 0 Å². The normalized spacial score (nSPS) is 20.6. The summed E-state index contributed by atoms with van der Waals surface area (Å²) in [5.41, 5.74) is 1.01. The molecule has 1 aromatic rings. The summed E-state index contributed by atoms with van der Waals surface area (Å²) in [6.45, 7) is 3.30.